The average Bonchev–Trinajstić information content (AvgIpc) is 3.12. The average molecular weight is 455 g/mol. The van der Waals surface area contributed by atoms with Crippen molar-refractivity contribution in [2.24, 2.45) is 5.16 Å². The van der Waals surface area contributed by atoms with Crippen LogP contribution < -0.4 is 4.70 Å². The van der Waals surface area contributed by atoms with Gasteiger partial charge in [-0.25, -0.2) is 4.90 Å². The zero-order valence-electron chi connectivity index (χ0n) is 15.6. The van der Waals surface area contributed by atoms with Crippen molar-refractivity contribution in [2.45, 2.75) is 26.1 Å². The Balaban J connectivity index is 0.000000981. The third-order valence-corrected chi connectivity index (χ3v) is 3.61. The molecule has 0 aliphatic carbocycles. The van der Waals surface area contributed by atoms with Crippen molar-refractivity contribution in [2.75, 3.05) is 46.0 Å². The van der Waals surface area contributed by atoms with E-state index in [1.54, 1.807) is 6.92 Å². The first kappa shape index (κ1) is 27.3. The fourth-order valence-corrected chi connectivity index (χ4v) is 2.52. The molecule has 0 amide bonds. The van der Waals surface area contributed by atoms with Gasteiger partial charge in [0.25, 0.3) is 6.35 Å². The van der Waals surface area contributed by atoms with Crippen molar-refractivity contribution < 1.29 is 44.8 Å². The molecule has 0 spiro atoms. The summed E-state index contributed by atoms with van der Waals surface area (Å²) >= 11 is 0. The molecular formula is C14H22F6N4O4P-. The van der Waals surface area contributed by atoms with Crippen molar-refractivity contribution >= 4 is 20.0 Å². The normalized spacial score (nSPS) is 20.7. The Hall–Kier alpha value is -1.68. The van der Waals surface area contributed by atoms with Gasteiger partial charge in [0, 0.05) is 26.2 Å². The van der Waals surface area contributed by atoms with Gasteiger partial charge in [0.2, 0.25) is 0 Å². The van der Waals surface area contributed by atoms with Crippen LogP contribution in [0.15, 0.2) is 5.16 Å². The zero-order valence-corrected chi connectivity index (χ0v) is 16.5. The maximum Gasteiger partial charge on any atom is 0.398 e. The van der Waals surface area contributed by atoms with Crippen molar-refractivity contribution in [1.29, 1.82) is 0 Å². The van der Waals surface area contributed by atoms with E-state index in [-0.39, 0.29) is 23.5 Å². The summed E-state index contributed by atoms with van der Waals surface area (Å²) in [7, 11) is -8.55. The summed E-state index contributed by atoms with van der Waals surface area (Å²) in [4.78, 5) is 24.5. The second-order valence-corrected chi connectivity index (χ2v) is 6.99. The van der Waals surface area contributed by atoms with Crippen LogP contribution in [0.4, 0.5) is 21.0 Å². The van der Waals surface area contributed by atoms with Crippen LogP contribution in [0.1, 0.15) is 19.8 Å². The molecule has 2 aliphatic rings. The number of morpholine rings is 1. The van der Waals surface area contributed by atoms with E-state index in [0.29, 0.717) is 13.2 Å². The first-order chi connectivity index (χ1) is 13.0. The number of nitrogens with zero attached hydrogens (tertiary/aromatic N) is 4. The minimum atomic E-state index is -8.55. The minimum absolute atomic E-state index is 0. The van der Waals surface area contributed by atoms with Gasteiger partial charge in [-0.15, -0.1) is 0 Å². The second-order valence-electron chi connectivity index (χ2n) is 5.71. The largest absolute Gasteiger partial charge is 1.00 e. The molecule has 8 nitrogen and oxygen atoms in total. The van der Waals surface area contributed by atoms with Crippen LogP contribution >= 0.6 is 8.16 Å². The van der Waals surface area contributed by atoms with E-state index in [4.69, 9.17) is 20.9 Å². The molecule has 2 heterocycles. The number of esters is 1. The van der Waals surface area contributed by atoms with Crippen molar-refractivity contribution in [3.05, 3.63) is 11.4 Å². The number of halogens is 6. The minimum Gasteiger partial charge on any atom is -1.00 e. The second kappa shape index (κ2) is 12.1. The predicted molar refractivity (Wildman–Crippen MR) is 91.2 cm³/mol. The third-order valence-electron chi connectivity index (χ3n) is 3.61. The summed E-state index contributed by atoms with van der Waals surface area (Å²) in [6.07, 6.45) is 1.86. The van der Waals surface area contributed by atoms with Gasteiger partial charge >= 0.3 is 40.9 Å². The van der Waals surface area contributed by atoms with Crippen molar-refractivity contribution in [1.82, 2.24) is 9.80 Å². The Kier molecular flexibility index (Phi) is 11.4. The van der Waals surface area contributed by atoms with E-state index in [9.17, 15) is 25.8 Å². The smallest absolute Gasteiger partial charge is 0.398 e. The van der Waals surface area contributed by atoms with E-state index >= 15 is 0 Å². The third kappa shape index (κ3) is 12.5. The monoisotopic (exact) mass is 455 g/mol. The summed E-state index contributed by atoms with van der Waals surface area (Å²) < 4.78 is 59.3. The maximum atomic E-state index is 11.6. The topological polar surface area (TPSA) is 68.0 Å². The molecule has 1 unspecified atom stereocenters. The first-order valence-electron chi connectivity index (χ1n) is 8.45. The van der Waals surface area contributed by atoms with Crippen LogP contribution in [0.2, 0.25) is 0 Å². The molecule has 170 valence electrons. The SMILES string of the molecule is FP(F)(F)(F)F.[C-]#[N+]C(=NOC(N1CCCC1)N1CCOCC1)C(=O)OCC.[F-]. The molecule has 2 saturated heterocycles. The Bertz CT molecular complexity index is 570. The molecular weight excluding hydrogens is 433 g/mol. The Labute approximate surface area is 164 Å². The fraction of sp³-hybridized carbons (Fsp3) is 0.786. The molecule has 0 aromatic rings. The number of carbonyl (C=O) groups is 1. The standard InChI is InChI=1S/C14H22N4O4.F5P.FH/c1-3-21-13(19)12(15-2)16-22-14(17-6-4-5-7-17)18-8-10-20-11-9-18;1-6(2,3,4)5;/h14H,3-11H2,1H3;;1H/p-1. The van der Waals surface area contributed by atoms with E-state index in [1.165, 1.54) is 0 Å². The molecule has 0 saturated carbocycles. The molecule has 2 aliphatic heterocycles. The number of likely N-dealkylation sites (tertiary alicyclic amines) is 1. The first-order valence-corrected chi connectivity index (χ1v) is 10.1. The van der Waals surface area contributed by atoms with E-state index in [0.717, 1.165) is 39.0 Å². The molecule has 0 aromatic carbocycles. The van der Waals surface area contributed by atoms with Crippen molar-refractivity contribution in [3.8, 4) is 0 Å². The van der Waals surface area contributed by atoms with Crippen LogP contribution in [-0.2, 0) is 19.1 Å². The van der Waals surface area contributed by atoms with Crippen LogP contribution in [0.5, 0.6) is 0 Å². The van der Waals surface area contributed by atoms with Gasteiger partial charge in [0.15, 0.2) is 0 Å². The van der Waals surface area contributed by atoms with Gasteiger partial charge in [0.1, 0.15) is 0 Å². The van der Waals surface area contributed by atoms with Crippen LogP contribution in [0.25, 0.3) is 4.85 Å². The number of amidine groups is 1. The van der Waals surface area contributed by atoms with Gasteiger partial charge in [-0.3, -0.25) is 14.5 Å². The Morgan fingerprint density at radius 3 is 2.07 bits per heavy atom. The number of hydrogen-bond donors (Lipinski definition) is 0. The molecule has 0 bridgehead atoms. The summed E-state index contributed by atoms with van der Waals surface area (Å²) in [6, 6.07) is 0. The van der Waals surface area contributed by atoms with Gasteiger partial charge in [0.05, 0.1) is 25.0 Å². The van der Waals surface area contributed by atoms with Crippen LogP contribution in [-0.4, -0.2) is 74.0 Å². The summed E-state index contributed by atoms with van der Waals surface area (Å²) in [6.45, 7) is 13.5. The van der Waals surface area contributed by atoms with Gasteiger partial charge in [-0.2, -0.15) is 0 Å². The summed E-state index contributed by atoms with van der Waals surface area (Å²) in [5.74, 6) is -1.13. The van der Waals surface area contributed by atoms with Crippen LogP contribution in [0.3, 0.4) is 0 Å². The number of ether oxygens (including phenoxy) is 2. The predicted octanol–water partition coefficient (Wildman–Crippen LogP) is 0.477. The fourth-order valence-electron chi connectivity index (χ4n) is 2.52. The molecule has 15 heteroatoms. The molecule has 29 heavy (non-hydrogen) atoms. The maximum absolute atomic E-state index is 11.6. The number of oxime groups is 1. The molecule has 2 fully saturated rings. The molecule has 0 N–H and O–H groups in total. The zero-order chi connectivity index (χ0) is 21.2. The van der Waals surface area contributed by atoms with E-state index in [2.05, 4.69) is 19.8 Å². The van der Waals surface area contributed by atoms with E-state index in [1.807, 2.05) is 0 Å². The quantitative estimate of drug-likeness (QED) is 0.114. The number of rotatable bonds is 5. The molecule has 0 aromatic heterocycles. The van der Waals surface area contributed by atoms with Crippen LogP contribution in [0, 0.1) is 6.57 Å². The summed E-state index contributed by atoms with van der Waals surface area (Å²) in [5.41, 5.74) is 0. The Morgan fingerprint density at radius 2 is 1.62 bits per heavy atom. The van der Waals surface area contributed by atoms with Gasteiger partial charge < -0.3 is 19.0 Å². The van der Waals surface area contributed by atoms with Gasteiger partial charge in [-0.1, -0.05) is 6.57 Å². The van der Waals surface area contributed by atoms with Crippen molar-refractivity contribution in [3.63, 3.8) is 0 Å². The molecule has 1 atom stereocenters. The Morgan fingerprint density at radius 1 is 1.14 bits per heavy atom. The van der Waals surface area contributed by atoms with Gasteiger partial charge in [-0.05, 0) is 19.8 Å². The number of hydrogen-bond acceptors (Lipinski definition) is 7. The molecule has 2 rings (SSSR count). The van der Waals surface area contributed by atoms with E-state index < -0.39 is 14.1 Å². The molecule has 0 radical (unpaired) electrons. The summed E-state index contributed by atoms with van der Waals surface area (Å²) in [5, 5.41) is 3.74. The number of carbonyl (C=O) groups excluding carboxylic acids is 1.